The highest BCUT2D eigenvalue weighted by Crippen LogP contribution is 2.32. The molecule has 1 amide bonds. The van der Waals surface area contributed by atoms with E-state index >= 15 is 0 Å². The number of carbonyl (C=O) groups is 2. The summed E-state index contributed by atoms with van der Waals surface area (Å²) in [5.74, 6) is -0.643. The van der Waals surface area contributed by atoms with Crippen molar-refractivity contribution in [3.05, 3.63) is 57.3 Å². The Hall–Kier alpha value is -2.14. The van der Waals surface area contributed by atoms with Gasteiger partial charge in [0.05, 0.1) is 0 Å². The van der Waals surface area contributed by atoms with Crippen molar-refractivity contribution in [2.75, 3.05) is 0 Å². The molecule has 0 saturated heterocycles. The molecule has 1 N–H and O–H groups in total. The van der Waals surface area contributed by atoms with Gasteiger partial charge in [0.25, 0.3) is 5.91 Å². The third-order valence-electron chi connectivity index (χ3n) is 4.44. The minimum atomic E-state index is -0.892. The van der Waals surface area contributed by atoms with Crippen LogP contribution in [0.25, 0.3) is 0 Å². The summed E-state index contributed by atoms with van der Waals surface area (Å²) in [4.78, 5) is 26.9. The standard InChI is InChI=1S/C19H19NO3S/c21-18(20-14-9-10-14)17(12-5-2-1-3-6-12)23-19(22)16-11-13-7-4-8-15(13)24-16/h1-3,5-6,11,14,17H,4,7-10H2,(H,20,21)/t17-/m1/s1. The van der Waals surface area contributed by atoms with Crippen molar-refractivity contribution in [1.82, 2.24) is 5.32 Å². The molecule has 0 aliphatic heterocycles. The van der Waals surface area contributed by atoms with Crippen molar-refractivity contribution < 1.29 is 14.3 Å². The number of hydrogen-bond acceptors (Lipinski definition) is 4. The number of carbonyl (C=O) groups excluding carboxylic acids is 2. The van der Waals surface area contributed by atoms with E-state index in [4.69, 9.17) is 4.74 Å². The fraction of sp³-hybridized carbons (Fsp3) is 0.368. The van der Waals surface area contributed by atoms with Gasteiger partial charge in [0.1, 0.15) is 4.88 Å². The quantitative estimate of drug-likeness (QED) is 0.848. The minimum Gasteiger partial charge on any atom is -0.443 e. The van der Waals surface area contributed by atoms with Crippen LogP contribution < -0.4 is 5.32 Å². The van der Waals surface area contributed by atoms with Crippen LogP contribution in [0.2, 0.25) is 0 Å². The van der Waals surface area contributed by atoms with E-state index in [1.165, 1.54) is 21.8 Å². The molecule has 0 spiro atoms. The van der Waals surface area contributed by atoms with Gasteiger partial charge in [-0.3, -0.25) is 4.79 Å². The van der Waals surface area contributed by atoms with Gasteiger partial charge in [-0.05, 0) is 43.7 Å². The summed E-state index contributed by atoms with van der Waals surface area (Å²) < 4.78 is 5.61. The Bertz CT molecular complexity index is 743. The predicted molar refractivity (Wildman–Crippen MR) is 92.1 cm³/mol. The first-order chi connectivity index (χ1) is 11.7. The molecule has 5 heteroatoms. The van der Waals surface area contributed by atoms with Crippen LogP contribution in [0.15, 0.2) is 36.4 Å². The molecule has 124 valence electrons. The summed E-state index contributed by atoms with van der Waals surface area (Å²) >= 11 is 1.50. The molecule has 0 radical (unpaired) electrons. The Kier molecular flexibility index (Phi) is 4.10. The van der Waals surface area contributed by atoms with Gasteiger partial charge >= 0.3 is 5.97 Å². The highest BCUT2D eigenvalue weighted by Gasteiger charge is 2.31. The Morgan fingerprint density at radius 1 is 1.17 bits per heavy atom. The first-order valence-corrected chi connectivity index (χ1v) is 9.20. The van der Waals surface area contributed by atoms with E-state index in [1.807, 2.05) is 36.4 Å². The zero-order valence-electron chi connectivity index (χ0n) is 13.3. The zero-order chi connectivity index (χ0) is 16.5. The lowest BCUT2D eigenvalue weighted by atomic mass is 10.1. The number of fused-ring (bicyclic) bond motifs is 1. The number of thiophene rings is 1. The van der Waals surface area contributed by atoms with Gasteiger partial charge in [0, 0.05) is 16.5 Å². The van der Waals surface area contributed by atoms with E-state index in [1.54, 1.807) is 0 Å². The molecule has 2 aliphatic rings. The second kappa shape index (κ2) is 6.40. The highest BCUT2D eigenvalue weighted by atomic mass is 32.1. The molecule has 1 atom stereocenters. The lowest BCUT2D eigenvalue weighted by Crippen LogP contribution is -2.33. The van der Waals surface area contributed by atoms with Crippen LogP contribution >= 0.6 is 11.3 Å². The van der Waals surface area contributed by atoms with Crippen molar-refractivity contribution in [2.45, 2.75) is 44.2 Å². The molecule has 2 aromatic rings. The Balaban J connectivity index is 1.53. The van der Waals surface area contributed by atoms with Crippen LogP contribution in [0.5, 0.6) is 0 Å². The second-order valence-electron chi connectivity index (χ2n) is 6.39. The summed E-state index contributed by atoms with van der Waals surface area (Å²) in [5, 5.41) is 2.94. The molecule has 4 nitrogen and oxygen atoms in total. The number of amides is 1. The molecule has 24 heavy (non-hydrogen) atoms. The summed E-state index contributed by atoms with van der Waals surface area (Å²) in [5.41, 5.74) is 1.96. The number of rotatable bonds is 5. The van der Waals surface area contributed by atoms with E-state index in [0.29, 0.717) is 10.4 Å². The fourth-order valence-corrected chi connectivity index (χ4v) is 4.14. The first-order valence-electron chi connectivity index (χ1n) is 8.38. The maximum absolute atomic E-state index is 12.5. The van der Waals surface area contributed by atoms with Crippen molar-refractivity contribution in [1.29, 1.82) is 0 Å². The summed E-state index contributed by atoms with van der Waals surface area (Å²) in [7, 11) is 0. The third-order valence-corrected chi connectivity index (χ3v) is 5.65. The Morgan fingerprint density at radius 3 is 2.67 bits per heavy atom. The van der Waals surface area contributed by atoms with Crippen LogP contribution in [0, 0.1) is 0 Å². The normalized spacial score (nSPS) is 17.2. The fourth-order valence-electron chi connectivity index (χ4n) is 3.00. The second-order valence-corrected chi connectivity index (χ2v) is 7.53. The van der Waals surface area contributed by atoms with Crippen molar-refractivity contribution in [2.24, 2.45) is 0 Å². The lowest BCUT2D eigenvalue weighted by molar-refractivity contribution is -0.130. The molecule has 1 heterocycles. The van der Waals surface area contributed by atoms with Gasteiger partial charge in [-0.15, -0.1) is 11.3 Å². The molecule has 2 aliphatic carbocycles. The van der Waals surface area contributed by atoms with E-state index in [2.05, 4.69) is 5.32 Å². The Morgan fingerprint density at radius 2 is 1.96 bits per heavy atom. The lowest BCUT2D eigenvalue weighted by Gasteiger charge is -2.17. The van der Waals surface area contributed by atoms with Gasteiger partial charge in [0.2, 0.25) is 6.10 Å². The number of benzene rings is 1. The van der Waals surface area contributed by atoms with Gasteiger partial charge in [-0.2, -0.15) is 0 Å². The summed E-state index contributed by atoms with van der Waals surface area (Å²) in [6, 6.07) is 11.4. The number of hydrogen-bond donors (Lipinski definition) is 1. The molecular weight excluding hydrogens is 322 g/mol. The molecule has 1 fully saturated rings. The van der Waals surface area contributed by atoms with Gasteiger partial charge < -0.3 is 10.1 Å². The van der Waals surface area contributed by atoms with E-state index in [-0.39, 0.29) is 11.9 Å². The van der Waals surface area contributed by atoms with Crippen molar-refractivity contribution in [3.63, 3.8) is 0 Å². The smallest absolute Gasteiger partial charge is 0.349 e. The maximum atomic E-state index is 12.5. The SMILES string of the molecule is O=C(O[C@@H](C(=O)NC1CC1)c1ccccc1)c1cc2c(s1)CCC2. The van der Waals surface area contributed by atoms with Crippen LogP contribution in [0.1, 0.15) is 51.0 Å². The third kappa shape index (κ3) is 3.22. The van der Waals surface area contributed by atoms with E-state index in [9.17, 15) is 9.59 Å². The molecule has 0 bridgehead atoms. The minimum absolute atomic E-state index is 0.230. The van der Waals surface area contributed by atoms with Crippen LogP contribution in [-0.2, 0) is 22.4 Å². The molecule has 1 saturated carbocycles. The predicted octanol–water partition coefficient (Wildman–Crippen LogP) is 3.41. The maximum Gasteiger partial charge on any atom is 0.349 e. The van der Waals surface area contributed by atoms with E-state index < -0.39 is 12.1 Å². The topological polar surface area (TPSA) is 55.4 Å². The van der Waals surface area contributed by atoms with Gasteiger partial charge in [0.15, 0.2) is 0 Å². The van der Waals surface area contributed by atoms with Crippen molar-refractivity contribution in [3.8, 4) is 0 Å². The molecule has 1 aromatic carbocycles. The summed E-state index contributed by atoms with van der Waals surface area (Å²) in [6.45, 7) is 0. The van der Waals surface area contributed by atoms with Crippen LogP contribution in [0.4, 0.5) is 0 Å². The highest BCUT2D eigenvalue weighted by molar-refractivity contribution is 7.14. The first kappa shape index (κ1) is 15.4. The number of ether oxygens (including phenoxy) is 1. The molecule has 4 rings (SSSR count). The van der Waals surface area contributed by atoms with Gasteiger partial charge in [-0.25, -0.2) is 4.79 Å². The van der Waals surface area contributed by atoms with E-state index in [0.717, 1.165) is 32.1 Å². The molecule has 1 aromatic heterocycles. The Labute approximate surface area is 144 Å². The number of nitrogens with one attached hydrogen (secondary N) is 1. The molecule has 0 unspecified atom stereocenters. The number of esters is 1. The molecular formula is C19H19NO3S. The monoisotopic (exact) mass is 341 g/mol. The number of aryl methyl sites for hydroxylation is 2. The van der Waals surface area contributed by atoms with Crippen LogP contribution in [0.3, 0.4) is 0 Å². The van der Waals surface area contributed by atoms with Gasteiger partial charge in [-0.1, -0.05) is 30.3 Å². The van der Waals surface area contributed by atoms with Crippen LogP contribution in [-0.4, -0.2) is 17.9 Å². The van der Waals surface area contributed by atoms with Crippen molar-refractivity contribution >= 4 is 23.2 Å². The average molecular weight is 341 g/mol. The summed E-state index contributed by atoms with van der Waals surface area (Å²) in [6.07, 6.45) is 4.34. The average Bonchev–Trinajstić information content (AvgIpc) is 3.13. The zero-order valence-corrected chi connectivity index (χ0v) is 14.1. The largest absolute Gasteiger partial charge is 0.443 e.